The maximum absolute atomic E-state index is 6.14. The Bertz CT molecular complexity index is 2060. The summed E-state index contributed by atoms with van der Waals surface area (Å²) >= 11 is 12.3. The molecule has 0 bridgehead atoms. The quantitative estimate of drug-likeness (QED) is 0.104. The molecule has 0 aliphatic heterocycles. The van der Waals surface area contributed by atoms with E-state index in [0.29, 0.717) is 10.0 Å². The molecule has 52 heavy (non-hydrogen) atoms. The van der Waals surface area contributed by atoms with Crippen molar-refractivity contribution in [3.05, 3.63) is 201 Å². The summed E-state index contributed by atoms with van der Waals surface area (Å²) in [6.07, 6.45) is 7.36. The van der Waals surface area contributed by atoms with E-state index >= 15 is 0 Å². The topological polar surface area (TPSA) is 31.2 Å². The lowest BCUT2D eigenvalue weighted by Gasteiger charge is -2.21. The number of halogens is 2. The van der Waals surface area contributed by atoms with Crippen molar-refractivity contribution >= 4 is 70.5 Å². The molecule has 0 heterocycles. The minimum atomic E-state index is 0.648. The van der Waals surface area contributed by atoms with Gasteiger partial charge in [-0.3, -0.25) is 0 Å². The number of anilines is 4. The van der Waals surface area contributed by atoms with E-state index in [2.05, 4.69) is 94.5 Å². The van der Waals surface area contributed by atoms with Crippen LogP contribution in [0.25, 0.3) is 12.2 Å². The van der Waals surface area contributed by atoms with Gasteiger partial charge in [0.1, 0.15) is 0 Å². The molecule has 0 spiro atoms. The minimum absolute atomic E-state index is 0.648. The van der Waals surface area contributed by atoms with Crippen LogP contribution in [0.3, 0.4) is 0 Å². The molecule has 0 fully saturated rings. The SMILES string of the molecule is C=Cc1ccc(C=NN(c2cc(C)cc(C)c2)c2cc(C)cc(C)c2)cc1.C=Cc1ccc(C=NN(c2cccc(Cl)c2)c2cccc(Cl)c2)cc1. The molecule has 260 valence electrons. The molecule has 6 rings (SSSR count). The van der Waals surface area contributed by atoms with Crippen LogP contribution in [-0.2, 0) is 0 Å². The zero-order valence-electron chi connectivity index (χ0n) is 30.0. The molecule has 0 amide bonds. The second-order valence-corrected chi connectivity index (χ2v) is 13.4. The highest BCUT2D eigenvalue weighted by atomic mass is 35.5. The molecule has 6 heteroatoms. The average molecular weight is 722 g/mol. The van der Waals surface area contributed by atoms with Crippen LogP contribution in [0.5, 0.6) is 0 Å². The summed E-state index contributed by atoms with van der Waals surface area (Å²) in [7, 11) is 0. The third kappa shape index (κ3) is 10.7. The molecule has 4 nitrogen and oxygen atoms in total. The van der Waals surface area contributed by atoms with E-state index in [1.165, 1.54) is 22.3 Å². The molecule has 0 aliphatic rings. The molecular formula is C46H42Cl2N4. The van der Waals surface area contributed by atoms with Crippen molar-refractivity contribution in [3.63, 3.8) is 0 Å². The number of nitrogens with zero attached hydrogens (tertiary/aromatic N) is 4. The van der Waals surface area contributed by atoms with Gasteiger partial charge in [0.2, 0.25) is 0 Å². The number of hydrogen-bond acceptors (Lipinski definition) is 4. The summed E-state index contributed by atoms with van der Waals surface area (Å²) < 4.78 is 0. The maximum Gasteiger partial charge on any atom is 0.0667 e. The molecule has 6 aromatic carbocycles. The number of rotatable bonds is 10. The van der Waals surface area contributed by atoms with Crippen LogP contribution in [0.1, 0.15) is 44.5 Å². The van der Waals surface area contributed by atoms with Crippen molar-refractivity contribution in [1.29, 1.82) is 0 Å². The Morgan fingerprint density at radius 1 is 0.423 bits per heavy atom. The van der Waals surface area contributed by atoms with Crippen molar-refractivity contribution in [2.24, 2.45) is 10.2 Å². The van der Waals surface area contributed by atoms with Crippen LogP contribution in [0.2, 0.25) is 10.0 Å². The maximum atomic E-state index is 6.14. The lowest BCUT2D eigenvalue weighted by Crippen LogP contribution is -2.10. The molecule has 0 unspecified atom stereocenters. The number of hydrogen-bond donors (Lipinski definition) is 0. The van der Waals surface area contributed by atoms with Crippen LogP contribution in [0.15, 0.2) is 157 Å². The van der Waals surface area contributed by atoms with Gasteiger partial charge in [-0.15, -0.1) is 0 Å². The first kappa shape index (κ1) is 37.6. The zero-order valence-corrected chi connectivity index (χ0v) is 31.5. The second kappa shape index (κ2) is 18.0. The van der Waals surface area contributed by atoms with Crippen LogP contribution >= 0.6 is 23.2 Å². The van der Waals surface area contributed by atoms with E-state index in [9.17, 15) is 0 Å². The van der Waals surface area contributed by atoms with Crippen molar-refractivity contribution in [2.75, 3.05) is 10.0 Å². The largest absolute Gasteiger partial charge is 0.234 e. The Labute approximate surface area is 318 Å². The molecule has 0 radical (unpaired) electrons. The van der Waals surface area contributed by atoms with Gasteiger partial charge >= 0.3 is 0 Å². The third-order valence-corrected chi connectivity index (χ3v) is 8.47. The molecular weight excluding hydrogens is 679 g/mol. The van der Waals surface area contributed by atoms with Crippen molar-refractivity contribution in [2.45, 2.75) is 27.7 Å². The molecule has 0 saturated heterocycles. The average Bonchev–Trinajstić information content (AvgIpc) is 3.12. The highest BCUT2D eigenvalue weighted by Crippen LogP contribution is 2.31. The Balaban J connectivity index is 0.000000202. The predicted molar refractivity (Wildman–Crippen MR) is 227 cm³/mol. The Morgan fingerprint density at radius 3 is 1.08 bits per heavy atom. The van der Waals surface area contributed by atoms with Gasteiger partial charge in [0.15, 0.2) is 0 Å². The molecule has 0 atom stereocenters. The summed E-state index contributed by atoms with van der Waals surface area (Å²) in [5, 5.41) is 14.6. The first-order valence-corrected chi connectivity index (χ1v) is 17.7. The van der Waals surface area contributed by atoms with E-state index in [-0.39, 0.29) is 0 Å². The second-order valence-electron chi connectivity index (χ2n) is 12.5. The standard InChI is InChI=1S/C25H26N2.C21H16Cl2N2/c1-6-22-7-9-23(10-8-22)17-26-27(24-13-18(2)11-19(3)14-24)25-15-20(4)12-21(5)16-25;1-2-16-9-11-17(12-10-16)15-24-25(20-7-3-5-18(22)13-20)21-8-4-6-19(23)14-21/h6-17H,1H2,2-5H3;2-15H,1H2. The minimum Gasteiger partial charge on any atom is -0.234 e. The van der Waals surface area contributed by atoms with E-state index in [1.54, 1.807) is 11.2 Å². The van der Waals surface area contributed by atoms with Gasteiger partial charge in [0.25, 0.3) is 0 Å². The van der Waals surface area contributed by atoms with Crippen LogP contribution in [-0.4, -0.2) is 12.4 Å². The fourth-order valence-electron chi connectivity index (χ4n) is 5.61. The number of benzene rings is 6. The Kier molecular flexibility index (Phi) is 13.0. The third-order valence-electron chi connectivity index (χ3n) is 8.00. The van der Waals surface area contributed by atoms with Gasteiger partial charge < -0.3 is 0 Å². The molecule has 0 aromatic heterocycles. The summed E-state index contributed by atoms with van der Waals surface area (Å²) in [5.74, 6) is 0. The van der Waals surface area contributed by atoms with Crippen LogP contribution in [0, 0.1) is 27.7 Å². The predicted octanol–water partition coefficient (Wildman–Crippen LogP) is 13.5. The zero-order chi connectivity index (χ0) is 37.0. The van der Waals surface area contributed by atoms with Crippen molar-refractivity contribution in [3.8, 4) is 0 Å². The number of hydrazone groups is 2. The molecule has 0 N–H and O–H groups in total. The van der Waals surface area contributed by atoms with E-state index in [0.717, 1.165) is 45.0 Å². The molecule has 0 aliphatic carbocycles. The van der Waals surface area contributed by atoms with Gasteiger partial charge in [0.05, 0.1) is 35.2 Å². The summed E-state index contributed by atoms with van der Waals surface area (Å²) in [4.78, 5) is 0. The molecule has 0 saturated carbocycles. The Morgan fingerprint density at radius 2 is 0.750 bits per heavy atom. The van der Waals surface area contributed by atoms with E-state index in [1.807, 2.05) is 108 Å². The van der Waals surface area contributed by atoms with Crippen LogP contribution in [0.4, 0.5) is 22.7 Å². The highest BCUT2D eigenvalue weighted by Gasteiger charge is 2.11. The fourth-order valence-corrected chi connectivity index (χ4v) is 5.98. The molecule has 6 aromatic rings. The van der Waals surface area contributed by atoms with Crippen molar-refractivity contribution in [1.82, 2.24) is 0 Å². The highest BCUT2D eigenvalue weighted by molar-refractivity contribution is 6.31. The lowest BCUT2D eigenvalue weighted by molar-refractivity contribution is 1.08. The van der Waals surface area contributed by atoms with Gasteiger partial charge in [-0.05, 0) is 133 Å². The van der Waals surface area contributed by atoms with E-state index < -0.39 is 0 Å². The monoisotopic (exact) mass is 720 g/mol. The van der Waals surface area contributed by atoms with Gasteiger partial charge in [-0.2, -0.15) is 10.2 Å². The smallest absolute Gasteiger partial charge is 0.0667 e. The van der Waals surface area contributed by atoms with Crippen LogP contribution < -0.4 is 10.0 Å². The lowest BCUT2D eigenvalue weighted by atomic mass is 10.1. The Hall–Kier alpha value is -5.68. The van der Waals surface area contributed by atoms with Crippen molar-refractivity contribution < 1.29 is 0 Å². The van der Waals surface area contributed by atoms with Gasteiger partial charge in [-0.1, -0.05) is 121 Å². The fraction of sp³-hybridized carbons (Fsp3) is 0.0870. The summed E-state index contributed by atoms with van der Waals surface area (Å²) in [5.41, 5.74) is 13.0. The summed E-state index contributed by atoms with van der Waals surface area (Å²) in [6, 6.07) is 44.3. The first-order valence-electron chi connectivity index (χ1n) is 16.9. The first-order chi connectivity index (χ1) is 25.1. The van der Waals surface area contributed by atoms with Gasteiger partial charge in [0, 0.05) is 10.0 Å². The van der Waals surface area contributed by atoms with Gasteiger partial charge in [-0.25, -0.2) is 10.0 Å². The van der Waals surface area contributed by atoms with E-state index in [4.69, 9.17) is 28.3 Å². The normalized spacial score (nSPS) is 10.9. The number of aryl methyl sites for hydroxylation is 4. The summed E-state index contributed by atoms with van der Waals surface area (Å²) in [6.45, 7) is 16.0.